The fraction of sp³-hybridized carbons (Fsp3) is 0.600. The van der Waals surface area contributed by atoms with E-state index in [9.17, 15) is 5.11 Å². The van der Waals surface area contributed by atoms with Crippen molar-refractivity contribution in [1.29, 1.82) is 0 Å². The second kappa shape index (κ2) is 7.98. The van der Waals surface area contributed by atoms with Crippen molar-refractivity contribution in [2.75, 3.05) is 33.4 Å². The summed E-state index contributed by atoms with van der Waals surface area (Å²) in [4.78, 5) is 0. The summed E-state index contributed by atoms with van der Waals surface area (Å²) in [5.41, 5.74) is 1.11. The molecule has 0 saturated carbocycles. The Bertz CT molecular complexity index is 470. The van der Waals surface area contributed by atoms with Crippen molar-refractivity contribution < 1.29 is 14.6 Å². The highest BCUT2D eigenvalue weighted by Crippen LogP contribution is 2.36. The average Bonchev–Trinajstić information content (AvgIpc) is 2.87. The Morgan fingerprint density at radius 3 is 2.86 bits per heavy atom. The van der Waals surface area contributed by atoms with Gasteiger partial charge in [0.1, 0.15) is 0 Å². The number of aliphatic hydroxyl groups excluding tert-OH is 1. The number of rotatable bonds is 7. The maximum absolute atomic E-state index is 9.76. The van der Waals surface area contributed by atoms with Crippen molar-refractivity contribution in [1.82, 2.24) is 10.6 Å². The van der Waals surface area contributed by atoms with Crippen molar-refractivity contribution in [3.8, 4) is 11.5 Å². The van der Waals surface area contributed by atoms with Crippen molar-refractivity contribution in [2.24, 2.45) is 5.92 Å². The van der Waals surface area contributed by atoms with E-state index in [1.165, 1.54) is 0 Å². The average molecular weight is 359 g/mol. The molecule has 0 aliphatic carbocycles. The van der Waals surface area contributed by atoms with E-state index in [2.05, 4.69) is 26.6 Å². The fourth-order valence-corrected chi connectivity index (χ4v) is 3.09. The zero-order chi connectivity index (χ0) is 15.2. The van der Waals surface area contributed by atoms with E-state index >= 15 is 0 Å². The van der Waals surface area contributed by atoms with E-state index < -0.39 is 0 Å². The number of halogens is 1. The molecule has 1 heterocycles. The van der Waals surface area contributed by atoms with Crippen LogP contribution in [0.25, 0.3) is 0 Å². The molecule has 1 saturated heterocycles. The summed E-state index contributed by atoms with van der Waals surface area (Å²) in [6, 6.07) is 4.01. The molecule has 0 amide bonds. The highest BCUT2D eigenvalue weighted by Gasteiger charge is 2.24. The maximum atomic E-state index is 9.76. The number of ether oxygens (including phenoxy) is 2. The monoisotopic (exact) mass is 358 g/mol. The van der Waals surface area contributed by atoms with Crippen molar-refractivity contribution in [2.45, 2.75) is 19.6 Å². The predicted octanol–water partition coefficient (Wildman–Crippen LogP) is 1.53. The molecule has 2 unspecified atom stereocenters. The number of β-amino-alcohol motifs (C(OH)–C–C–N with tert-alkyl or cyclic N) is 1. The summed E-state index contributed by atoms with van der Waals surface area (Å²) >= 11 is 3.52. The van der Waals surface area contributed by atoms with Crippen molar-refractivity contribution in [3.05, 3.63) is 22.2 Å². The zero-order valence-corrected chi connectivity index (χ0v) is 14.1. The second-order valence-electron chi connectivity index (χ2n) is 5.16. The first-order valence-corrected chi connectivity index (χ1v) is 8.03. The third-order valence-electron chi connectivity index (χ3n) is 3.62. The van der Waals surface area contributed by atoms with Crippen LogP contribution in [0.1, 0.15) is 12.5 Å². The minimum absolute atomic E-state index is 0.251. The van der Waals surface area contributed by atoms with Gasteiger partial charge >= 0.3 is 0 Å². The van der Waals surface area contributed by atoms with Gasteiger partial charge in [0.15, 0.2) is 11.5 Å². The number of hydrogen-bond acceptors (Lipinski definition) is 5. The number of aliphatic hydroxyl groups is 1. The van der Waals surface area contributed by atoms with Gasteiger partial charge in [-0.1, -0.05) is 0 Å². The van der Waals surface area contributed by atoms with Crippen LogP contribution >= 0.6 is 15.9 Å². The van der Waals surface area contributed by atoms with Crippen LogP contribution in [0.4, 0.5) is 0 Å². The molecule has 2 rings (SSSR count). The minimum Gasteiger partial charge on any atom is -0.493 e. The molecule has 1 fully saturated rings. The quantitative estimate of drug-likeness (QED) is 0.689. The first kappa shape index (κ1) is 16.5. The molecule has 5 nitrogen and oxygen atoms in total. The van der Waals surface area contributed by atoms with Crippen LogP contribution < -0.4 is 20.1 Å². The molecule has 0 radical (unpaired) electrons. The summed E-state index contributed by atoms with van der Waals surface area (Å²) < 4.78 is 11.9. The van der Waals surface area contributed by atoms with Crippen molar-refractivity contribution >= 4 is 15.9 Å². The molecule has 118 valence electrons. The molecular weight excluding hydrogens is 336 g/mol. The van der Waals surface area contributed by atoms with Gasteiger partial charge in [0.05, 0.1) is 24.3 Å². The topological polar surface area (TPSA) is 62.8 Å². The molecular formula is C15H23BrN2O3. The van der Waals surface area contributed by atoms with Gasteiger partial charge in [-0.05, 0) is 40.5 Å². The van der Waals surface area contributed by atoms with Gasteiger partial charge in [-0.25, -0.2) is 0 Å². The lowest BCUT2D eigenvalue weighted by atomic mass is 10.1. The largest absolute Gasteiger partial charge is 0.493 e. The Morgan fingerprint density at radius 1 is 1.43 bits per heavy atom. The van der Waals surface area contributed by atoms with E-state index in [4.69, 9.17) is 9.47 Å². The molecule has 0 aromatic heterocycles. The highest BCUT2D eigenvalue weighted by atomic mass is 79.9. The summed E-state index contributed by atoms with van der Waals surface area (Å²) in [5.74, 6) is 1.74. The van der Waals surface area contributed by atoms with Gasteiger partial charge in [-0.3, -0.25) is 0 Å². The standard InChI is InChI=1S/C15H23BrN2O3/c1-3-21-15-12(16)4-10(5-14(15)20-2)6-17-7-11-8-18-9-13(11)19/h4-5,11,13,17-19H,3,6-9H2,1-2H3. The Balaban J connectivity index is 1.95. The van der Waals surface area contributed by atoms with Gasteiger partial charge in [0, 0.05) is 32.1 Å². The van der Waals surface area contributed by atoms with Crippen LogP contribution in [0.3, 0.4) is 0 Å². The molecule has 0 spiro atoms. The van der Waals surface area contributed by atoms with Crippen LogP contribution in [-0.4, -0.2) is 44.6 Å². The van der Waals surface area contributed by atoms with Crippen LogP contribution in [-0.2, 0) is 6.54 Å². The van der Waals surface area contributed by atoms with Crippen LogP contribution in [0.5, 0.6) is 11.5 Å². The SMILES string of the molecule is CCOc1c(Br)cc(CNCC2CNCC2O)cc1OC. The molecule has 0 bridgehead atoms. The first-order chi connectivity index (χ1) is 10.2. The van der Waals surface area contributed by atoms with Crippen LogP contribution in [0, 0.1) is 5.92 Å². The molecule has 6 heteroatoms. The second-order valence-corrected chi connectivity index (χ2v) is 6.01. The molecule has 2 atom stereocenters. The van der Waals surface area contributed by atoms with E-state index in [0.29, 0.717) is 13.2 Å². The predicted molar refractivity (Wildman–Crippen MR) is 85.9 cm³/mol. The minimum atomic E-state index is -0.251. The zero-order valence-electron chi connectivity index (χ0n) is 12.5. The normalized spacial score (nSPS) is 21.5. The number of nitrogens with one attached hydrogen (secondary N) is 2. The van der Waals surface area contributed by atoms with Gasteiger partial charge < -0.3 is 25.2 Å². The van der Waals surface area contributed by atoms with Crippen LogP contribution in [0.15, 0.2) is 16.6 Å². The van der Waals surface area contributed by atoms with Gasteiger partial charge in [-0.15, -0.1) is 0 Å². The molecule has 1 aliphatic heterocycles. The van der Waals surface area contributed by atoms with Gasteiger partial charge in [-0.2, -0.15) is 0 Å². The molecule has 1 aliphatic rings. The maximum Gasteiger partial charge on any atom is 0.175 e. The first-order valence-electron chi connectivity index (χ1n) is 7.24. The Kier molecular flexibility index (Phi) is 6.29. The number of methoxy groups -OCH3 is 1. The van der Waals surface area contributed by atoms with Crippen molar-refractivity contribution in [3.63, 3.8) is 0 Å². The van der Waals surface area contributed by atoms with E-state index in [1.54, 1.807) is 7.11 Å². The Labute approximate surface area is 134 Å². The summed E-state index contributed by atoms with van der Waals surface area (Å²) in [6.07, 6.45) is -0.251. The Morgan fingerprint density at radius 2 is 2.24 bits per heavy atom. The summed E-state index contributed by atoms with van der Waals surface area (Å²) in [5, 5.41) is 16.3. The van der Waals surface area contributed by atoms with Crippen LogP contribution in [0.2, 0.25) is 0 Å². The molecule has 1 aromatic carbocycles. The lowest BCUT2D eigenvalue weighted by Gasteiger charge is -2.16. The molecule has 1 aromatic rings. The van der Waals surface area contributed by atoms with Gasteiger partial charge in [0.2, 0.25) is 0 Å². The van der Waals surface area contributed by atoms with E-state index in [1.807, 2.05) is 19.1 Å². The third kappa shape index (κ3) is 4.32. The smallest absolute Gasteiger partial charge is 0.175 e. The van der Waals surface area contributed by atoms with Gasteiger partial charge in [0.25, 0.3) is 0 Å². The molecule has 3 N–H and O–H groups in total. The van der Waals surface area contributed by atoms with E-state index in [-0.39, 0.29) is 12.0 Å². The Hall–Kier alpha value is -0.820. The lowest BCUT2D eigenvalue weighted by Crippen LogP contribution is -2.30. The lowest BCUT2D eigenvalue weighted by molar-refractivity contribution is 0.146. The highest BCUT2D eigenvalue weighted by molar-refractivity contribution is 9.10. The molecule has 21 heavy (non-hydrogen) atoms. The summed E-state index contributed by atoms with van der Waals surface area (Å²) in [7, 11) is 1.64. The summed E-state index contributed by atoms with van der Waals surface area (Å²) in [6.45, 7) is 5.62. The number of benzene rings is 1. The number of hydrogen-bond donors (Lipinski definition) is 3. The van der Waals surface area contributed by atoms with E-state index in [0.717, 1.165) is 41.2 Å². The third-order valence-corrected chi connectivity index (χ3v) is 4.21. The fourth-order valence-electron chi connectivity index (χ4n) is 2.49.